The fourth-order valence-electron chi connectivity index (χ4n) is 9.63. The van der Waals surface area contributed by atoms with Crippen LogP contribution >= 0.6 is 0 Å². The molecule has 57 heavy (non-hydrogen) atoms. The van der Waals surface area contributed by atoms with Gasteiger partial charge in [-0.2, -0.15) is 0 Å². The molecule has 0 aromatic heterocycles. The Labute approximate surface area is 341 Å². The molecule has 0 fully saturated rings. The van der Waals surface area contributed by atoms with E-state index in [1.54, 1.807) is 0 Å². The van der Waals surface area contributed by atoms with E-state index in [1.807, 2.05) is 0 Å². The summed E-state index contributed by atoms with van der Waals surface area (Å²) in [7, 11) is 0. The highest BCUT2D eigenvalue weighted by Crippen LogP contribution is 2.54. The van der Waals surface area contributed by atoms with Crippen LogP contribution in [0.5, 0.6) is 0 Å². The number of rotatable bonds is 5. The highest BCUT2D eigenvalue weighted by atomic mass is 15.1. The molecule has 2 aliphatic rings. The molecule has 7 aromatic rings. The van der Waals surface area contributed by atoms with E-state index >= 15 is 0 Å². The van der Waals surface area contributed by atoms with Gasteiger partial charge in [0.2, 0.25) is 0 Å². The van der Waals surface area contributed by atoms with Crippen molar-refractivity contribution in [3.63, 3.8) is 0 Å². The van der Waals surface area contributed by atoms with Gasteiger partial charge < -0.3 is 4.90 Å². The minimum Gasteiger partial charge on any atom is -0.310 e. The van der Waals surface area contributed by atoms with Gasteiger partial charge >= 0.3 is 0 Å². The summed E-state index contributed by atoms with van der Waals surface area (Å²) in [6.45, 7) is 23.6. The van der Waals surface area contributed by atoms with E-state index < -0.39 is 0 Å². The zero-order valence-corrected chi connectivity index (χ0v) is 35.4. The van der Waals surface area contributed by atoms with Gasteiger partial charge in [0.25, 0.3) is 0 Å². The largest absolute Gasteiger partial charge is 0.310 e. The second-order valence-electron chi connectivity index (χ2n) is 19.5. The van der Waals surface area contributed by atoms with Crippen LogP contribution in [0.4, 0.5) is 17.1 Å². The molecule has 1 heteroatoms. The molecule has 0 amide bonds. The van der Waals surface area contributed by atoms with E-state index in [0.717, 1.165) is 17.1 Å². The van der Waals surface area contributed by atoms with Crippen molar-refractivity contribution in [2.75, 3.05) is 4.90 Å². The van der Waals surface area contributed by atoms with Crippen molar-refractivity contribution in [1.82, 2.24) is 0 Å². The highest BCUT2D eigenvalue weighted by molar-refractivity contribution is 5.90. The van der Waals surface area contributed by atoms with Gasteiger partial charge in [-0.05, 0) is 131 Å². The monoisotopic (exact) mass is 741 g/mol. The Bertz CT molecular complexity index is 2680. The van der Waals surface area contributed by atoms with Crippen molar-refractivity contribution < 1.29 is 0 Å². The average Bonchev–Trinajstić information content (AvgIpc) is 3.56. The molecule has 0 aliphatic heterocycles. The third-order valence-corrected chi connectivity index (χ3v) is 13.0. The fraction of sp³-hybridized carbons (Fsp3) is 0.250. The second kappa shape index (κ2) is 12.9. The van der Waals surface area contributed by atoms with E-state index in [2.05, 4.69) is 226 Å². The number of fused-ring (bicyclic) bond motifs is 6. The Kier molecular flexibility index (Phi) is 8.38. The number of anilines is 3. The molecule has 1 nitrogen and oxygen atoms in total. The number of hydrogen-bond acceptors (Lipinski definition) is 1. The standard InChI is InChI=1S/C56H55N/c1-53(2,3)39-25-29-45-47-34-46(49(54(4,5)6)35-52(47)56(9,10)50(45)32-39)38-19-16-20-41(31-38)57(40-26-23-37(24-27-40)36-17-12-11-13-18-36)42-28-30-44-43-21-14-15-22-48(43)55(7,8)51(44)33-42/h11-35H,1-10H3. The molecular formula is C56H55N. The van der Waals surface area contributed by atoms with Crippen LogP contribution in [0, 0.1) is 0 Å². The zero-order chi connectivity index (χ0) is 40.1. The maximum atomic E-state index is 2.54. The van der Waals surface area contributed by atoms with Crippen LogP contribution < -0.4 is 4.90 Å². The predicted molar refractivity (Wildman–Crippen MR) is 245 cm³/mol. The topological polar surface area (TPSA) is 3.24 Å². The van der Waals surface area contributed by atoms with Gasteiger partial charge in [-0.3, -0.25) is 0 Å². The molecule has 0 saturated heterocycles. The van der Waals surface area contributed by atoms with Gasteiger partial charge in [-0.15, -0.1) is 0 Å². The lowest BCUT2D eigenvalue weighted by Gasteiger charge is -2.30. The van der Waals surface area contributed by atoms with Crippen molar-refractivity contribution in [2.24, 2.45) is 0 Å². The van der Waals surface area contributed by atoms with Gasteiger partial charge in [-0.25, -0.2) is 0 Å². The average molecular weight is 742 g/mol. The maximum Gasteiger partial charge on any atom is 0.0467 e. The molecular weight excluding hydrogens is 687 g/mol. The Hall–Kier alpha value is -5.66. The van der Waals surface area contributed by atoms with Crippen LogP contribution in [0.2, 0.25) is 0 Å². The van der Waals surface area contributed by atoms with E-state index in [1.165, 1.54) is 77.9 Å². The summed E-state index contributed by atoms with van der Waals surface area (Å²) >= 11 is 0. The first-order valence-electron chi connectivity index (χ1n) is 20.7. The van der Waals surface area contributed by atoms with Crippen LogP contribution in [-0.4, -0.2) is 0 Å². The van der Waals surface area contributed by atoms with E-state index in [-0.39, 0.29) is 21.7 Å². The summed E-state index contributed by atoms with van der Waals surface area (Å²) in [5.74, 6) is 0. The normalized spacial score (nSPS) is 14.8. The van der Waals surface area contributed by atoms with Crippen LogP contribution in [0.3, 0.4) is 0 Å². The predicted octanol–water partition coefficient (Wildman–Crippen LogP) is 15.7. The SMILES string of the molecule is CC(C)(C)c1ccc2c(c1)C(C)(C)c1cc(C(C)(C)C)c(-c3cccc(N(c4ccc(-c5ccccc5)cc4)c4ccc5c(c4)C(C)(C)c4ccccc4-5)c3)cc1-2. The molecule has 9 rings (SSSR count). The quantitative estimate of drug-likeness (QED) is 0.170. The minimum atomic E-state index is -0.101. The van der Waals surface area contributed by atoms with Crippen LogP contribution in [0.1, 0.15) is 103 Å². The zero-order valence-electron chi connectivity index (χ0n) is 35.4. The maximum absolute atomic E-state index is 2.54. The third-order valence-electron chi connectivity index (χ3n) is 13.0. The summed E-state index contributed by atoms with van der Waals surface area (Å²) < 4.78 is 0. The highest BCUT2D eigenvalue weighted by Gasteiger charge is 2.39. The van der Waals surface area contributed by atoms with E-state index in [9.17, 15) is 0 Å². The molecule has 0 radical (unpaired) electrons. The molecule has 0 atom stereocenters. The van der Waals surface area contributed by atoms with E-state index in [0.29, 0.717) is 0 Å². The summed E-state index contributed by atoms with van der Waals surface area (Å²) in [5, 5.41) is 0. The summed E-state index contributed by atoms with van der Waals surface area (Å²) in [6, 6.07) is 57.3. The smallest absolute Gasteiger partial charge is 0.0467 e. The van der Waals surface area contributed by atoms with Crippen molar-refractivity contribution >= 4 is 17.1 Å². The van der Waals surface area contributed by atoms with E-state index in [4.69, 9.17) is 0 Å². The molecule has 7 aromatic carbocycles. The first kappa shape index (κ1) is 36.9. The number of hydrogen-bond donors (Lipinski definition) is 0. The molecule has 0 spiro atoms. The number of benzene rings is 7. The lowest BCUT2D eigenvalue weighted by atomic mass is 9.75. The second-order valence-corrected chi connectivity index (χ2v) is 19.5. The molecule has 0 bridgehead atoms. The first-order valence-corrected chi connectivity index (χ1v) is 20.7. The van der Waals surface area contributed by atoms with Crippen LogP contribution in [0.15, 0.2) is 152 Å². The first-order chi connectivity index (χ1) is 27.0. The van der Waals surface area contributed by atoms with Crippen molar-refractivity contribution in [3.8, 4) is 44.5 Å². The van der Waals surface area contributed by atoms with Gasteiger partial charge in [0.1, 0.15) is 0 Å². The van der Waals surface area contributed by atoms with Gasteiger partial charge in [0.15, 0.2) is 0 Å². The van der Waals surface area contributed by atoms with Crippen molar-refractivity contribution in [1.29, 1.82) is 0 Å². The Balaban J connectivity index is 1.21. The van der Waals surface area contributed by atoms with Gasteiger partial charge in [0, 0.05) is 27.9 Å². The number of nitrogens with zero attached hydrogens (tertiary/aromatic N) is 1. The van der Waals surface area contributed by atoms with Gasteiger partial charge in [0.05, 0.1) is 0 Å². The van der Waals surface area contributed by atoms with Crippen LogP contribution in [0.25, 0.3) is 44.5 Å². The molecule has 0 saturated carbocycles. The molecule has 0 unspecified atom stereocenters. The fourth-order valence-corrected chi connectivity index (χ4v) is 9.63. The minimum absolute atomic E-state index is 0.0602. The van der Waals surface area contributed by atoms with Crippen LogP contribution in [-0.2, 0) is 21.7 Å². The Morgan fingerprint density at radius 2 is 0.895 bits per heavy atom. The van der Waals surface area contributed by atoms with Crippen molar-refractivity contribution in [3.05, 3.63) is 185 Å². The Morgan fingerprint density at radius 3 is 1.61 bits per heavy atom. The molecule has 0 heterocycles. The van der Waals surface area contributed by atoms with Crippen molar-refractivity contribution in [2.45, 2.75) is 90.9 Å². The molecule has 0 N–H and O–H groups in total. The third kappa shape index (κ3) is 6.06. The molecule has 284 valence electrons. The Morgan fingerprint density at radius 1 is 0.351 bits per heavy atom. The lowest BCUT2D eigenvalue weighted by molar-refractivity contribution is 0.581. The summed E-state index contributed by atoms with van der Waals surface area (Å²) in [4.78, 5) is 2.45. The summed E-state index contributed by atoms with van der Waals surface area (Å²) in [5.41, 5.74) is 22.0. The molecule has 2 aliphatic carbocycles. The summed E-state index contributed by atoms with van der Waals surface area (Å²) in [6.07, 6.45) is 0. The lowest BCUT2D eigenvalue weighted by Crippen LogP contribution is -2.19. The van der Waals surface area contributed by atoms with Gasteiger partial charge in [-0.1, -0.05) is 178 Å².